The van der Waals surface area contributed by atoms with Crippen molar-refractivity contribution in [3.63, 3.8) is 0 Å². The molecule has 31 heavy (non-hydrogen) atoms. The third-order valence-electron chi connectivity index (χ3n) is 6.32. The van der Waals surface area contributed by atoms with Gasteiger partial charge in [0.05, 0.1) is 0 Å². The lowest BCUT2D eigenvalue weighted by molar-refractivity contribution is -0.136. The van der Waals surface area contributed by atoms with E-state index in [2.05, 4.69) is 78.9 Å². The summed E-state index contributed by atoms with van der Waals surface area (Å²) in [6.45, 7) is 0.405. The number of benzene rings is 5. The van der Waals surface area contributed by atoms with Gasteiger partial charge in [-0.05, 0) is 55.4 Å². The minimum absolute atomic E-state index is 0.227. The standard InChI is InChI=1S/C28H19NO2/c30-25-14-15-26(31)29(25)17-16-18-4-6-19(7-5-18)23-12-10-22-9-8-20-2-1-3-21-11-13-24(23)28(22)27(20)21/h1-15H,16-17H2. The molecule has 5 aromatic rings. The molecule has 0 bridgehead atoms. The lowest BCUT2D eigenvalue weighted by Crippen LogP contribution is -2.31. The van der Waals surface area contributed by atoms with Gasteiger partial charge in [-0.15, -0.1) is 0 Å². The van der Waals surface area contributed by atoms with Gasteiger partial charge in [-0.25, -0.2) is 0 Å². The molecule has 0 radical (unpaired) electrons. The van der Waals surface area contributed by atoms with Crippen molar-refractivity contribution in [1.82, 2.24) is 4.90 Å². The zero-order chi connectivity index (χ0) is 20.9. The van der Waals surface area contributed by atoms with Crippen LogP contribution in [0.1, 0.15) is 5.56 Å². The molecule has 1 heterocycles. The van der Waals surface area contributed by atoms with Crippen LogP contribution in [0, 0.1) is 0 Å². The fourth-order valence-electron chi connectivity index (χ4n) is 4.73. The van der Waals surface area contributed by atoms with Crippen LogP contribution in [-0.4, -0.2) is 23.3 Å². The summed E-state index contributed by atoms with van der Waals surface area (Å²) in [5, 5.41) is 7.69. The highest BCUT2D eigenvalue weighted by molar-refractivity contribution is 6.25. The van der Waals surface area contributed by atoms with Crippen LogP contribution in [-0.2, 0) is 16.0 Å². The summed E-state index contributed by atoms with van der Waals surface area (Å²) in [6, 6.07) is 28.1. The van der Waals surface area contributed by atoms with Crippen molar-refractivity contribution in [2.75, 3.05) is 6.54 Å². The van der Waals surface area contributed by atoms with Crippen LogP contribution in [0.3, 0.4) is 0 Å². The van der Waals surface area contributed by atoms with Crippen molar-refractivity contribution in [3.05, 3.63) is 96.6 Å². The summed E-state index contributed by atoms with van der Waals surface area (Å²) in [4.78, 5) is 24.8. The lowest BCUT2D eigenvalue weighted by Gasteiger charge is -2.15. The normalized spacial score (nSPS) is 14.0. The molecule has 3 heteroatoms. The predicted octanol–water partition coefficient (Wildman–Crippen LogP) is 5.72. The van der Waals surface area contributed by atoms with Crippen LogP contribution in [0.2, 0.25) is 0 Å². The first-order chi connectivity index (χ1) is 15.2. The molecule has 0 N–H and O–H groups in total. The molecule has 1 aliphatic rings. The number of hydrogen-bond acceptors (Lipinski definition) is 2. The zero-order valence-electron chi connectivity index (χ0n) is 16.8. The fraction of sp³-hybridized carbons (Fsp3) is 0.0714. The average molecular weight is 401 g/mol. The van der Waals surface area contributed by atoms with E-state index in [1.165, 1.54) is 54.9 Å². The van der Waals surface area contributed by atoms with Gasteiger partial charge in [0.1, 0.15) is 0 Å². The number of imide groups is 1. The molecule has 0 aliphatic carbocycles. The fourth-order valence-corrected chi connectivity index (χ4v) is 4.73. The van der Waals surface area contributed by atoms with Gasteiger partial charge in [0.15, 0.2) is 0 Å². The highest BCUT2D eigenvalue weighted by Crippen LogP contribution is 2.39. The Morgan fingerprint density at radius 2 is 1.23 bits per heavy atom. The number of carbonyl (C=O) groups is 2. The van der Waals surface area contributed by atoms with Crippen molar-refractivity contribution in [3.8, 4) is 11.1 Å². The van der Waals surface area contributed by atoms with Crippen molar-refractivity contribution >= 4 is 44.1 Å². The number of carbonyl (C=O) groups excluding carboxylic acids is 2. The van der Waals surface area contributed by atoms with E-state index in [-0.39, 0.29) is 11.8 Å². The average Bonchev–Trinajstić information content (AvgIpc) is 3.13. The van der Waals surface area contributed by atoms with Gasteiger partial charge in [-0.3, -0.25) is 14.5 Å². The lowest BCUT2D eigenvalue weighted by atomic mass is 9.89. The third kappa shape index (κ3) is 2.82. The predicted molar refractivity (Wildman–Crippen MR) is 125 cm³/mol. The molecule has 2 amide bonds. The van der Waals surface area contributed by atoms with Gasteiger partial charge >= 0.3 is 0 Å². The Labute approximate surface area is 179 Å². The number of nitrogens with zero attached hydrogens (tertiary/aromatic N) is 1. The first kappa shape index (κ1) is 17.8. The highest BCUT2D eigenvalue weighted by Gasteiger charge is 2.22. The van der Waals surface area contributed by atoms with Crippen LogP contribution in [0.5, 0.6) is 0 Å². The number of amides is 2. The Morgan fingerprint density at radius 3 is 1.94 bits per heavy atom. The molecule has 0 spiro atoms. The second-order valence-electron chi connectivity index (χ2n) is 8.08. The molecule has 0 unspecified atom stereocenters. The smallest absolute Gasteiger partial charge is 0.253 e. The molecular formula is C28H19NO2. The molecule has 0 saturated heterocycles. The molecule has 148 valence electrons. The van der Waals surface area contributed by atoms with E-state index in [1.54, 1.807) is 0 Å². The summed E-state index contributed by atoms with van der Waals surface area (Å²) in [7, 11) is 0. The van der Waals surface area contributed by atoms with Gasteiger partial charge in [-0.1, -0.05) is 78.9 Å². The minimum atomic E-state index is -0.227. The third-order valence-corrected chi connectivity index (χ3v) is 6.32. The quantitative estimate of drug-likeness (QED) is 0.285. The van der Waals surface area contributed by atoms with Crippen LogP contribution in [0.4, 0.5) is 0 Å². The van der Waals surface area contributed by atoms with Gasteiger partial charge < -0.3 is 0 Å². The maximum atomic E-state index is 11.7. The Balaban J connectivity index is 1.37. The van der Waals surface area contributed by atoms with Crippen LogP contribution in [0.25, 0.3) is 43.4 Å². The number of rotatable bonds is 4. The van der Waals surface area contributed by atoms with E-state index in [0.29, 0.717) is 13.0 Å². The molecular weight excluding hydrogens is 382 g/mol. The van der Waals surface area contributed by atoms with E-state index >= 15 is 0 Å². The summed E-state index contributed by atoms with van der Waals surface area (Å²) in [5.74, 6) is -0.453. The van der Waals surface area contributed by atoms with Crippen LogP contribution >= 0.6 is 0 Å². The second kappa shape index (κ2) is 6.78. The van der Waals surface area contributed by atoms with Crippen molar-refractivity contribution in [2.24, 2.45) is 0 Å². The zero-order valence-corrected chi connectivity index (χ0v) is 16.8. The molecule has 0 atom stereocenters. The van der Waals surface area contributed by atoms with Gasteiger partial charge in [0.25, 0.3) is 11.8 Å². The summed E-state index contributed by atoms with van der Waals surface area (Å²) < 4.78 is 0. The highest BCUT2D eigenvalue weighted by atomic mass is 16.2. The molecule has 5 aromatic carbocycles. The first-order valence-electron chi connectivity index (χ1n) is 10.5. The minimum Gasteiger partial charge on any atom is -0.275 e. The van der Waals surface area contributed by atoms with Crippen molar-refractivity contribution < 1.29 is 9.59 Å². The van der Waals surface area contributed by atoms with E-state index in [1.807, 2.05) is 0 Å². The SMILES string of the molecule is O=C1C=CC(=O)N1CCc1ccc(-c2ccc3ccc4cccc5ccc2c3c45)cc1. The van der Waals surface area contributed by atoms with Crippen LogP contribution < -0.4 is 0 Å². The van der Waals surface area contributed by atoms with Crippen LogP contribution in [0.15, 0.2) is 91.0 Å². The molecule has 0 saturated carbocycles. The van der Waals surface area contributed by atoms with Crippen molar-refractivity contribution in [1.29, 1.82) is 0 Å². The Bertz CT molecular complexity index is 1480. The topological polar surface area (TPSA) is 37.4 Å². The second-order valence-corrected chi connectivity index (χ2v) is 8.08. The van der Waals surface area contributed by atoms with E-state index < -0.39 is 0 Å². The van der Waals surface area contributed by atoms with E-state index in [0.717, 1.165) is 11.1 Å². The largest absolute Gasteiger partial charge is 0.275 e. The summed E-state index contributed by atoms with van der Waals surface area (Å²) in [6.07, 6.45) is 3.32. The van der Waals surface area contributed by atoms with Gasteiger partial charge in [0, 0.05) is 18.7 Å². The Kier molecular flexibility index (Phi) is 3.90. The maximum Gasteiger partial charge on any atom is 0.253 e. The van der Waals surface area contributed by atoms with Gasteiger partial charge in [-0.2, -0.15) is 0 Å². The number of hydrogen-bond donors (Lipinski definition) is 0. The summed E-state index contributed by atoms with van der Waals surface area (Å²) in [5.41, 5.74) is 3.48. The molecule has 1 aliphatic heterocycles. The van der Waals surface area contributed by atoms with E-state index in [9.17, 15) is 9.59 Å². The molecule has 6 rings (SSSR count). The van der Waals surface area contributed by atoms with Gasteiger partial charge in [0.2, 0.25) is 0 Å². The monoisotopic (exact) mass is 401 g/mol. The Hall–Kier alpha value is -3.98. The first-order valence-corrected chi connectivity index (χ1v) is 10.5. The molecule has 0 fully saturated rings. The molecule has 3 nitrogen and oxygen atoms in total. The maximum absolute atomic E-state index is 11.7. The van der Waals surface area contributed by atoms with E-state index in [4.69, 9.17) is 0 Å². The Morgan fingerprint density at radius 1 is 0.613 bits per heavy atom. The molecule has 0 aromatic heterocycles. The summed E-state index contributed by atoms with van der Waals surface area (Å²) >= 11 is 0. The van der Waals surface area contributed by atoms with Crippen molar-refractivity contribution in [2.45, 2.75) is 6.42 Å².